The second-order valence-corrected chi connectivity index (χ2v) is 5.52. The molecule has 0 amide bonds. The standard InChI is InChI=1S/C18H24N2/c1-15(16-10-6-4-7-11-16)19-18(14-20(2)3)17-12-8-5-9-13-17/h4-13,15,18-19H,14H2,1-3H3. The molecule has 2 aromatic rings. The van der Waals surface area contributed by atoms with Crippen LogP contribution in [0.25, 0.3) is 0 Å². The zero-order valence-electron chi connectivity index (χ0n) is 12.6. The van der Waals surface area contributed by atoms with Gasteiger partial charge in [-0.25, -0.2) is 0 Å². The number of hydrogen-bond acceptors (Lipinski definition) is 2. The summed E-state index contributed by atoms with van der Waals surface area (Å²) in [5.74, 6) is 0. The molecule has 0 aliphatic heterocycles. The number of nitrogens with one attached hydrogen (secondary N) is 1. The van der Waals surface area contributed by atoms with E-state index >= 15 is 0 Å². The summed E-state index contributed by atoms with van der Waals surface area (Å²) >= 11 is 0. The Morgan fingerprint density at radius 2 is 1.35 bits per heavy atom. The molecule has 2 nitrogen and oxygen atoms in total. The normalized spacial score (nSPS) is 14.2. The highest BCUT2D eigenvalue weighted by Gasteiger charge is 2.15. The summed E-state index contributed by atoms with van der Waals surface area (Å²) in [5, 5.41) is 3.74. The average molecular weight is 268 g/mol. The molecule has 1 N–H and O–H groups in total. The fourth-order valence-corrected chi connectivity index (χ4v) is 2.44. The van der Waals surface area contributed by atoms with E-state index in [1.807, 2.05) is 0 Å². The third-order valence-corrected chi connectivity index (χ3v) is 3.50. The van der Waals surface area contributed by atoms with E-state index < -0.39 is 0 Å². The molecule has 0 saturated carbocycles. The van der Waals surface area contributed by atoms with Crippen molar-refractivity contribution in [2.24, 2.45) is 0 Å². The summed E-state index contributed by atoms with van der Waals surface area (Å²) in [4.78, 5) is 2.22. The monoisotopic (exact) mass is 268 g/mol. The predicted octanol–water partition coefficient (Wildman–Crippen LogP) is 3.64. The van der Waals surface area contributed by atoms with E-state index in [0.29, 0.717) is 12.1 Å². The molecule has 0 radical (unpaired) electrons. The first-order valence-corrected chi connectivity index (χ1v) is 7.17. The molecule has 0 bridgehead atoms. The van der Waals surface area contributed by atoms with Crippen molar-refractivity contribution < 1.29 is 0 Å². The van der Waals surface area contributed by atoms with E-state index in [2.05, 4.69) is 91.9 Å². The summed E-state index contributed by atoms with van der Waals surface area (Å²) in [6, 6.07) is 21.9. The molecular weight excluding hydrogens is 244 g/mol. The third kappa shape index (κ3) is 4.19. The van der Waals surface area contributed by atoms with Crippen LogP contribution in [0.2, 0.25) is 0 Å². The van der Waals surface area contributed by atoms with Gasteiger partial charge < -0.3 is 10.2 Å². The molecule has 2 atom stereocenters. The Morgan fingerprint density at radius 3 is 1.85 bits per heavy atom. The second-order valence-electron chi connectivity index (χ2n) is 5.52. The van der Waals surface area contributed by atoms with Gasteiger partial charge in [-0.1, -0.05) is 60.7 Å². The van der Waals surface area contributed by atoms with Crippen molar-refractivity contribution >= 4 is 0 Å². The summed E-state index contributed by atoms with van der Waals surface area (Å²) < 4.78 is 0. The zero-order chi connectivity index (χ0) is 14.4. The molecule has 0 spiro atoms. The van der Waals surface area contributed by atoms with Gasteiger partial charge in [0.25, 0.3) is 0 Å². The van der Waals surface area contributed by atoms with Crippen LogP contribution in [0, 0.1) is 0 Å². The minimum absolute atomic E-state index is 0.335. The Kier molecular flexibility index (Phi) is 5.33. The lowest BCUT2D eigenvalue weighted by Gasteiger charge is -2.26. The van der Waals surface area contributed by atoms with Crippen molar-refractivity contribution in [3.8, 4) is 0 Å². The van der Waals surface area contributed by atoms with Gasteiger partial charge in [-0.15, -0.1) is 0 Å². The summed E-state index contributed by atoms with van der Waals surface area (Å²) in [7, 11) is 4.23. The fourth-order valence-electron chi connectivity index (χ4n) is 2.44. The lowest BCUT2D eigenvalue weighted by molar-refractivity contribution is 0.325. The lowest BCUT2D eigenvalue weighted by Crippen LogP contribution is -2.32. The van der Waals surface area contributed by atoms with Crippen LogP contribution in [0.1, 0.15) is 30.1 Å². The van der Waals surface area contributed by atoms with Gasteiger partial charge in [-0.2, -0.15) is 0 Å². The molecule has 2 rings (SSSR count). The van der Waals surface area contributed by atoms with Gasteiger partial charge in [-0.3, -0.25) is 0 Å². The number of hydrogen-bond donors (Lipinski definition) is 1. The quantitative estimate of drug-likeness (QED) is 0.860. The Bertz CT molecular complexity index is 493. The van der Waals surface area contributed by atoms with E-state index in [1.54, 1.807) is 0 Å². The van der Waals surface area contributed by atoms with E-state index in [-0.39, 0.29) is 0 Å². The van der Waals surface area contributed by atoms with Crippen molar-refractivity contribution in [1.82, 2.24) is 10.2 Å². The van der Waals surface area contributed by atoms with Crippen LogP contribution in [-0.4, -0.2) is 25.5 Å². The van der Waals surface area contributed by atoms with Crippen LogP contribution in [0.5, 0.6) is 0 Å². The van der Waals surface area contributed by atoms with Crippen molar-refractivity contribution in [2.45, 2.75) is 19.0 Å². The van der Waals surface area contributed by atoms with Crippen molar-refractivity contribution in [3.05, 3.63) is 71.8 Å². The van der Waals surface area contributed by atoms with Gasteiger partial charge in [0.2, 0.25) is 0 Å². The van der Waals surface area contributed by atoms with E-state index in [0.717, 1.165) is 6.54 Å². The smallest absolute Gasteiger partial charge is 0.0453 e. The molecule has 0 heterocycles. The van der Waals surface area contributed by atoms with Crippen molar-refractivity contribution in [3.63, 3.8) is 0 Å². The largest absolute Gasteiger partial charge is 0.308 e. The van der Waals surface area contributed by atoms with E-state index in [1.165, 1.54) is 11.1 Å². The molecule has 2 unspecified atom stereocenters. The van der Waals surface area contributed by atoms with Gasteiger partial charge in [0.1, 0.15) is 0 Å². The highest BCUT2D eigenvalue weighted by Crippen LogP contribution is 2.20. The van der Waals surface area contributed by atoms with Crippen LogP contribution in [-0.2, 0) is 0 Å². The van der Waals surface area contributed by atoms with Crippen LogP contribution in [0.15, 0.2) is 60.7 Å². The summed E-state index contributed by atoms with van der Waals surface area (Å²) in [6.45, 7) is 3.21. The Hall–Kier alpha value is -1.64. The van der Waals surface area contributed by atoms with Crippen LogP contribution in [0.3, 0.4) is 0 Å². The molecular formula is C18H24N2. The molecule has 2 heteroatoms. The Labute approximate surface area is 122 Å². The molecule has 0 saturated heterocycles. The van der Waals surface area contributed by atoms with Gasteiger partial charge in [0.15, 0.2) is 0 Å². The number of benzene rings is 2. The maximum atomic E-state index is 3.74. The summed E-state index contributed by atoms with van der Waals surface area (Å²) in [6.07, 6.45) is 0. The zero-order valence-corrected chi connectivity index (χ0v) is 12.6. The highest BCUT2D eigenvalue weighted by atomic mass is 15.1. The first-order chi connectivity index (χ1) is 9.66. The van der Waals surface area contributed by atoms with Crippen molar-refractivity contribution in [2.75, 3.05) is 20.6 Å². The van der Waals surface area contributed by atoms with Crippen LogP contribution >= 0.6 is 0 Å². The Morgan fingerprint density at radius 1 is 0.850 bits per heavy atom. The Balaban J connectivity index is 2.12. The number of nitrogens with zero attached hydrogens (tertiary/aromatic N) is 1. The maximum absolute atomic E-state index is 3.74. The average Bonchev–Trinajstić information content (AvgIpc) is 2.48. The van der Waals surface area contributed by atoms with Gasteiger partial charge >= 0.3 is 0 Å². The molecule has 0 aliphatic rings. The van der Waals surface area contributed by atoms with Gasteiger partial charge in [0.05, 0.1) is 0 Å². The van der Waals surface area contributed by atoms with Crippen LogP contribution in [0.4, 0.5) is 0 Å². The molecule has 0 aliphatic carbocycles. The highest BCUT2D eigenvalue weighted by molar-refractivity contribution is 5.22. The van der Waals surface area contributed by atoms with E-state index in [9.17, 15) is 0 Å². The van der Waals surface area contributed by atoms with Crippen molar-refractivity contribution in [1.29, 1.82) is 0 Å². The minimum atomic E-state index is 0.335. The second kappa shape index (κ2) is 7.22. The third-order valence-electron chi connectivity index (χ3n) is 3.50. The first kappa shape index (κ1) is 14.8. The van der Waals surface area contributed by atoms with Gasteiger partial charge in [0, 0.05) is 18.6 Å². The predicted molar refractivity (Wildman–Crippen MR) is 85.7 cm³/mol. The molecule has 106 valence electrons. The van der Waals surface area contributed by atoms with Crippen LogP contribution < -0.4 is 5.32 Å². The minimum Gasteiger partial charge on any atom is -0.308 e. The van der Waals surface area contributed by atoms with E-state index in [4.69, 9.17) is 0 Å². The molecule has 20 heavy (non-hydrogen) atoms. The first-order valence-electron chi connectivity index (χ1n) is 7.17. The van der Waals surface area contributed by atoms with Gasteiger partial charge in [-0.05, 0) is 32.1 Å². The SMILES string of the molecule is CC(NC(CN(C)C)c1ccccc1)c1ccccc1. The lowest BCUT2D eigenvalue weighted by atomic mass is 10.0. The summed E-state index contributed by atoms with van der Waals surface area (Å²) in [5.41, 5.74) is 2.66. The fraction of sp³-hybridized carbons (Fsp3) is 0.333. The number of likely N-dealkylation sites (N-methyl/N-ethyl adjacent to an activating group) is 1. The maximum Gasteiger partial charge on any atom is 0.0453 e. The molecule has 0 aromatic heterocycles. The topological polar surface area (TPSA) is 15.3 Å². The molecule has 2 aromatic carbocycles. The number of rotatable bonds is 6. The molecule has 0 fully saturated rings.